The molecule has 1 fully saturated rings. The van der Waals surface area contributed by atoms with E-state index in [9.17, 15) is 0 Å². The zero-order chi connectivity index (χ0) is 22.4. The van der Waals surface area contributed by atoms with Crippen molar-refractivity contribution < 1.29 is 9.13 Å². The maximum atomic E-state index is 15.4. The highest BCUT2D eigenvalue weighted by Gasteiger charge is 2.34. The quantitative estimate of drug-likeness (QED) is 0.491. The number of alkyl halides is 1. The summed E-state index contributed by atoms with van der Waals surface area (Å²) < 4.78 is 21.2. The van der Waals surface area contributed by atoms with Crippen LogP contribution in [0.15, 0.2) is 73.6 Å². The molecule has 166 valence electrons. The number of aromatic nitrogens is 2. The summed E-state index contributed by atoms with van der Waals surface area (Å²) in [5.74, 6) is 2.34. The smallest absolute Gasteiger partial charge is 0.139 e. The summed E-state index contributed by atoms with van der Waals surface area (Å²) in [6.07, 6.45) is 4.19. The van der Waals surface area contributed by atoms with Crippen LogP contribution in [0.2, 0.25) is 0 Å². The number of nitrogens with zero attached hydrogens (tertiary/aromatic N) is 3. The lowest BCUT2D eigenvalue weighted by Gasteiger charge is -2.36. The molecule has 6 nitrogen and oxygen atoms in total. The predicted octanol–water partition coefficient (Wildman–Crippen LogP) is 4.92. The van der Waals surface area contributed by atoms with Crippen molar-refractivity contribution in [2.75, 3.05) is 37.2 Å². The summed E-state index contributed by atoms with van der Waals surface area (Å²) in [5.41, 5.74) is 6.38. The van der Waals surface area contributed by atoms with E-state index in [2.05, 4.69) is 26.8 Å². The van der Waals surface area contributed by atoms with Gasteiger partial charge in [-0.3, -0.25) is 4.90 Å². The van der Waals surface area contributed by atoms with E-state index in [4.69, 9.17) is 10.5 Å². The zero-order valence-electron chi connectivity index (χ0n) is 18.0. The van der Waals surface area contributed by atoms with Gasteiger partial charge >= 0.3 is 0 Å². The normalized spacial score (nSPS) is 15.8. The molecule has 0 bridgehead atoms. The van der Waals surface area contributed by atoms with Gasteiger partial charge in [-0.05, 0) is 42.7 Å². The monoisotopic (exact) mass is 433 g/mol. The first-order chi connectivity index (χ1) is 15.6. The number of ether oxygens (including phenoxy) is 1. The van der Waals surface area contributed by atoms with Crippen LogP contribution in [-0.4, -0.2) is 46.7 Å². The fraction of sp³-hybridized carbons (Fsp3) is 0.280. The maximum Gasteiger partial charge on any atom is 0.139 e. The molecule has 3 aromatic rings. The van der Waals surface area contributed by atoms with Crippen molar-refractivity contribution in [3.05, 3.63) is 73.6 Å². The molecular formula is C25H28FN5O. The number of nitrogen functional groups attached to an aromatic ring is 1. The Balaban J connectivity index is 1.47. The lowest BCUT2D eigenvalue weighted by Crippen LogP contribution is -2.45. The number of nitrogens with two attached hydrogens (primary N) is 1. The Hall–Kier alpha value is -3.45. The van der Waals surface area contributed by atoms with Gasteiger partial charge in [0.1, 0.15) is 35.1 Å². The standard InChI is InChI=1S/C25H28FN5O/c1-2-14-31-15-12-25(26,13-16-31)17-28-24-22(23(27)29-18-30-24)19-8-10-21(11-9-19)32-20-6-4-3-5-7-20/h2-11,18H,1,12-17H2,(H3,27,28,29,30). The van der Waals surface area contributed by atoms with Gasteiger partial charge in [0.2, 0.25) is 0 Å². The number of hydrogen-bond donors (Lipinski definition) is 2. The summed E-state index contributed by atoms with van der Waals surface area (Å²) in [5, 5.41) is 3.19. The van der Waals surface area contributed by atoms with Crippen LogP contribution < -0.4 is 15.8 Å². The number of halogens is 1. The van der Waals surface area contributed by atoms with E-state index >= 15 is 4.39 Å². The second kappa shape index (κ2) is 9.78. The molecule has 1 saturated heterocycles. The van der Waals surface area contributed by atoms with Crippen molar-refractivity contribution in [2.24, 2.45) is 0 Å². The minimum atomic E-state index is -1.29. The molecule has 1 aromatic heterocycles. The second-order valence-electron chi connectivity index (χ2n) is 8.02. The predicted molar refractivity (Wildman–Crippen MR) is 127 cm³/mol. The van der Waals surface area contributed by atoms with Crippen LogP contribution >= 0.6 is 0 Å². The Labute approximate surface area is 188 Å². The Morgan fingerprint density at radius 3 is 2.44 bits per heavy atom. The molecule has 0 saturated carbocycles. The van der Waals surface area contributed by atoms with Crippen LogP contribution in [0.25, 0.3) is 11.1 Å². The van der Waals surface area contributed by atoms with Crippen molar-refractivity contribution >= 4 is 11.6 Å². The molecule has 4 rings (SSSR count). The highest BCUT2D eigenvalue weighted by atomic mass is 19.1. The van der Waals surface area contributed by atoms with Crippen LogP contribution in [0.1, 0.15) is 12.8 Å². The number of rotatable bonds is 8. The van der Waals surface area contributed by atoms with Gasteiger partial charge in [-0.2, -0.15) is 0 Å². The van der Waals surface area contributed by atoms with Gasteiger partial charge in [-0.1, -0.05) is 36.4 Å². The van der Waals surface area contributed by atoms with Gasteiger partial charge in [0.15, 0.2) is 0 Å². The minimum Gasteiger partial charge on any atom is -0.457 e. The first-order valence-electron chi connectivity index (χ1n) is 10.8. The van der Waals surface area contributed by atoms with Crippen LogP contribution in [0.5, 0.6) is 11.5 Å². The summed E-state index contributed by atoms with van der Waals surface area (Å²) in [4.78, 5) is 10.7. The van der Waals surface area contributed by atoms with E-state index < -0.39 is 5.67 Å². The number of likely N-dealkylation sites (tertiary alicyclic amines) is 1. The van der Waals surface area contributed by atoms with E-state index in [1.54, 1.807) is 0 Å². The fourth-order valence-corrected chi connectivity index (χ4v) is 3.87. The number of benzene rings is 2. The molecular weight excluding hydrogens is 405 g/mol. The van der Waals surface area contributed by atoms with Crippen LogP contribution in [0.3, 0.4) is 0 Å². The third kappa shape index (κ3) is 5.23. The molecule has 7 heteroatoms. The number of hydrogen-bond acceptors (Lipinski definition) is 6. The molecule has 0 amide bonds. The third-order valence-electron chi connectivity index (χ3n) is 5.71. The van der Waals surface area contributed by atoms with Crippen molar-refractivity contribution in [1.29, 1.82) is 0 Å². The molecule has 0 aliphatic carbocycles. The van der Waals surface area contributed by atoms with Crippen LogP contribution in [0.4, 0.5) is 16.0 Å². The van der Waals surface area contributed by atoms with E-state index in [-0.39, 0.29) is 6.54 Å². The van der Waals surface area contributed by atoms with Gasteiger partial charge in [0.05, 0.1) is 12.1 Å². The number of anilines is 2. The molecule has 2 heterocycles. The molecule has 32 heavy (non-hydrogen) atoms. The lowest BCUT2D eigenvalue weighted by molar-refractivity contribution is 0.0746. The fourth-order valence-electron chi connectivity index (χ4n) is 3.87. The summed E-state index contributed by atoms with van der Waals surface area (Å²) >= 11 is 0. The molecule has 0 radical (unpaired) electrons. The van der Waals surface area contributed by atoms with Crippen molar-refractivity contribution in [3.63, 3.8) is 0 Å². The average Bonchev–Trinajstić information content (AvgIpc) is 2.81. The molecule has 3 N–H and O–H groups in total. The average molecular weight is 434 g/mol. The summed E-state index contributed by atoms with van der Waals surface area (Å²) in [6, 6.07) is 17.1. The van der Waals surface area contributed by atoms with Crippen molar-refractivity contribution in [1.82, 2.24) is 14.9 Å². The highest BCUT2D eigenvalue weighted by Crippen LogP contribution is 2.34. The van der Waals surface area contributed by atoms with E-state index in [0.29, 0.717) is 48.9 Å². The van der Waals surface area contributed by atoms with Crippen molar-refractivity contribution in [2.45, 2.75) is 18.5 Å². The first-order valence-corrected chi connectivity index (χ1v) is 10.8. The molecule has 1 aliphatic heterocycles. The molecule has 0 atom stereocenters. The van der Waals surface area contributed by atoms with Crippen LogP contribution in [-0.2, 0) is 0 Å². The summed E-state index contributed by atoms with van der Waals surface area (Å²) in [7, 11) is 0. The topological polar surface area (TPSA) is 76.3 Å². The second-order valence-corrected chi connectivity index (χ2v) is 8.02. The maximum absolute atomic E-state index is 15.4. The number of para-hydroxylation sites is 1. The number of nitrogens with one attached hydrogen (secondary N) is 1. The van der Waals surface area contributed by atoms with Gasteiger partial charge in [-0.15, -0.1) is 6.58 Å². The van der Waals surface area contributed by atoms with Crippen molar-refractivity contribution in [3.8, 4) is 22.6 Å². The Morgan fingerprint density at radius 1 is 1.06 bits per heavy atom. The third-order valence-corrected chi connectivity index (χ3v) is 5.71. The molecule has 0 unspecified atom stereocenters. The first kappa shape index (κ1) is 21.8. The van der Waals surface area contributed by atoms with Crippen LogP contribution in [0, 0.1) is 0 Å². The van der Waals surface area contributed by atoms with Gasteiger partial charge in [-0.25, -0.2) is 14.4 Å². The lowest BCUT2D eigenvalue weighted by atomic mass is 9.93. The van der Waals surface area contributed by atoms with E-state index in [0.717, 1.165) is 17.9 Å². The highest BCUT2D eigenvalue weighted by molar-refractivity contribution is 5.83. The molecule has 1 aliphatic rings. The molecule has 0 spiro atoms. The Kier molecular flexibility index (Phi) is 6.66. The Morgan fingerprint density at radius 2 is 1.75 bits per heavy atom. The van der Waals surface area contributed by atoms with E-state index in [1.807, 2.05) is 60.7 Å². The van der Waals surface area contributed by atoms with Gasteiger partial charge in [0.25, 0.3) is 0 Å². The SMILES string of the molecule is C=CCN1CCC(F)(CNc2ncnc(N)c2-c2ccc(Oc3ccccc3)cc2)CC1. The zero-order valence-corrected chi connectivity index (χ0v) is 18.0. The largest absolute Gasteiger partial charge is 0.457 e. The number of piperidine rings is 1. The Bertz CT molecular complexity index is 1030. The van der Waals surface area contributed by atoms with Gasteiger partial charge < -0.3 is 15.8 Å². The van der Waals surface area contributed by atoms with E-state index in [1.165, 1.54) is 6.33 Å². The summed E-state index contributed by atoms with van der Waals surface area (Å²) in [6.45, 7) is 6.15. The molecule has 2 aromatic carbocycles. The minimum absolute atomic E-state index is 0.174. The van der Waals surface area contributed by atoms with Gasteiger partial charge in [0, 0.05) is 19.6 Å².